The number of aryl methyl sites for hydroxylation is 2. The molecule has 1 unspecified atom stereocenters. The van der Waals surface area contributed by atoms with Gasteiger partial charge >= 0.3 is 0 Å². The Morgan fingerprint density at radius 1 is 1.22 bits per heavy atom. The highest BCUT2D eigenvalue weighted by molar-refractivity contribution is 7.92. The number of nitrogens with one attached hydrogen (secondary N) is 3. The zero-order valence-electron chi connectivity index (χ0n) is 17.6. The van der Waals surface area contributed by atoms with Crippen LogP contribution in [0.2, 0.25) is 0 Å². The molecule has 3 aromatic rings. The molecule has 1 aliphatic heterocycles. The number of rotatable bonds is 7. The average Bonchev–Trinajstić information content (AvgIpc) is 3.41. The lowest BCUT2D eigenvalue weighted by atomic mass is 10.00. The number of sulfonamides is 1. The standard InChI is InChI=1S/C21H24N6O3S2/c1-32(28,29)27-15-5-2-4-14(10-15)24-20-22-11-13-7-8-17-19(18(13)26-20)31-21(25-17)23-12-16-6-3-9-30-16/h2,4-5,10-11,16,27H,3,6-9,12H2,1H3,(H,23,25)(H,22,24,26). The van der Waals surface area contributed by atoms with E-state index in [1.54, 1.807) is 29.5 Å². The molecule has 32 heavy (non-hydrogen) atoms. The first-order valence-corrected chi connectivity index (χ1v) is 13.2. The first kappa shape index (κ1) is 21.1. The number of hydrogen-bond donors (Lipinski definition) is 3. The summed E-state index contributed by atoms with van der Waals surface area (Å²) < 4.78 is 31.2. The van der Waals surface area contributed by atoms with Gasteiger partial charge in [0.2, 0.25) is 16.0 Å². The van der Waals surface area contributed by atoms with Gasteiger partial charge in [-0.3, -0.25) is 4.72 Å². The minimum Gasteiger partial charge on any atom is -0.376 e. The third kappa shape index (κ3) is 4.84. The molecule has 9 nitrogen and oxygen atoms in total. The van der Waals surface area contributed by atoms with Crippen LogP contribution in [0.15, 0.2) is 30.5 Å². The Kier molecular flexibility index (Phi) is 5.70. The van der Waals surface area contributed by atoms with Gasteiger partial charge in [0, 0.05) is 25.0 Å². The molecule has 0 spiro atoms. The maximum Gasteiger partial charge on any atom is 0.229 e. The van der Waals surface area contributed by atoms with Gasteiger partial charge in [0.25, 0.3) is 0 Å². The molecule has 11 heteroatoms. The molecule has 1 aliphatic carbocycles. The van der Waals surface area contributed by atoms with Crippen LogP contribution in [0.3, 0.4) is 0 Å². The summed E-state index contributed by atoms with van der Waals surface area (Å²) in [6.07, 6.45) is 7.16. The lowest BCUT2D eigenvalue weighted by molar-refractivity contribution is 0.120. The third-order valence-corrected chi connectivity index (χ3v) is 7.00. The van der Waals surface area contributed by atoms with E-state index in [1.165, 1.54) is 0 Å². The average molecular weight is 473 g/mol. The first-order valence-electron chi connectivity index (χ1n) is 10.5. The number of aromatic nitrogens is 3. The number of nitrogens with zero attached hydrogens (tertiary/aromatic N) is 3. The van der Waals surface area contributed by atoms with Crippen molar-refractivity contribution in [3.05, 3.63) is 41.7 Å². The molecule has 0 radical (unpaired) electrons. The minimum atomic E-state index is -3.35. The van der Waals surface area contributed by atoms with Gasteiger partial charge in [-0.1, -0.05) is 17.4 Å². The minimum absolute atomic E-state index is 0.259. The molecule has 0 saturated carbocycles. The molecule has 1 aromatic carbocycles. The van der Waals surface area contributed by atoms with Crippen molar-refractivity contribution in [2.24, 2.45) is 0 Å². The molecule has 1 saturated heterocycles. The molecule has 3 N–H and O–H groups in total. The van der Waals surface area contributed by atoms with Crippen molar-refractivity contribution in [1.29, 1.82) is 0 Å². The van der Waals surface area contributed by atoms with E-state index < -0.39 is 10.0 Å². The Hall–Kier alpha value is -2.76. The molecule has 1 atom stereocenters. The van der Waals surface area contributed by atoms with Crippen LogP contribution in [-0.2, 0) is 27.6 Å². The van der Waals surface area contributed by atoms with Crippen LogP contribution in [0.4, 0.5) is 22.5 Å². The van der Waals surface area contributed by atoms with E-state index >= 15 is 0 Å². The van der Waals surface area contributed by atoms with Crippen LogP contribution in [0.5, 0.6) is 0 Å². The van der Waals surface area contributed by atoms with E-state index in [4.69, 9.17) is 14.7 Å². The van der Waals surface area contributed by atoms with Gasteiger partial charge in [-0.15, -0.1) is 0 Å². The normalized spacial score (nSPS) is 17.5. The Morgan fingerprint density at radius 2 is 2.09 bits per heavy atom. The fraction of sp³-hybridized carbons (Fsp3) is 0.381. The van der Waals surface area contributed by atoms with Gasteiger partial charge in [-0.2, -0.15) is 0 Å². The highest BCUT2D eigenvalue weighted by Crippen LogP contribution is 2.39. The van der Waals surface area contributed by atoms with E-state index in [9.17, 15) is 8.42 Å². The number of anilines is 4. The third-order valence-electron chi connectivity index (χ3n) is 5.34. The Labute approximate surface area is 190 Å². The monoisotopic (exact) mass is 472 g/mol. The van der Waals surface area contributed by atoms with Crippen LogP contribution in [-0.4, -0.2) is 48.9 Å². The van der Waals surface area contributed by atoms with Gasteiger partial charge in [0.1, 0.15) is 0 Å². The highest BCUT2D eigenvalue weighted by Gasteiger charge is 2.24. The molecular weight excluding hydrogens is 448 g/mol. The van der Waals surface area contributed by atoms with Gasteiger partial charge < -0.3 is 15.4 Å². The van der Waals surface area contributed by atoms with Gasteiger partial charge in [-0.05, 0) is 49.4 Å². The zero-order valence-corrected chi connectivity index (χ0v) is 19.2. The molecule has 1 fully saturated rings. The molecule has 0 amide bonds. The van der Waals surface area contributed by atoms with E-state index in [0.717, 1.165) is 72.1 Å². The topological polar surface area (TPSA) is 118 Å². The summed E-state index contributed by atoms with van der Waals surface area (Å²) in [5, 5.41) is 7.49. The Bertz CT molecular complexity index is 1240. The molecular formula is C21H24N6O3S2. The summed E-state index contributed by atoms with van der Waals surface area (Å²) >= 11 is 1.61. The predicted molar refractivity (Wildman–Crippen MR) is 126 cm³/mol. The lowest BCUT2D eigenvalue weighted by Crippen LogP contribution is -2.18. The molecule has 5 rings (SSSR count). The van der Waals surface area contributed by atoms with Crippen molar-refractivity contribution in [3.63, 3.8) is 0 Å². The lowest BCUT2D eigenvalue weighted by Gasteiger charge is -2.15. The van der Waals surface area contributed by atoms with Gasteiger partial charge in [0.05, 0.1) is 34.3 Å². The summed E-state index contributed by atoms with van der Waals surface area (Å²) in [5.41, 5.74) is 4.23. The number of hydrogen-bond acceptors (Lipinski definition) is 9. The summed E-state index contributed by atoms with van der Waals surface area (Å²) in [6, 6.07) is 6.99. The van der Waals surface area contributed by atoms with Crippen molar-refractivity contribution in [1.82, 2.24) is 15.0 Å². The second-order valence-corrected chi connectivity index (χ2v) is 10.7. The van der Waals surface area contributed by atoms with Crippen molar-refractivity contribution in [2.45, 2.75) is 31.8 Å². The van der Waals surface area contributed by atoms with E-state index in [1.807, 2.05) is 12.3 Å². The van der Waals surface area contributed by atoms with E-state index in [2.05, 4.69) is 20.3 Å². The first-order chi connectivity index (χ1) is 15.4. The van der Waals surface area contributed by atoms with Gasteiger partial charge in [-0.25, -0.2) is 23.4 Å². The second-order valence-electron chi connectivity index (χ2n) is 7.96. The summed E-state index contributed by atoms with van der Waals surface area (Å²) in [6.45, 7) is 1.61. The molecule has 2 aromatic heterocycles. The fourth-order valence-electron chi connectivity index (χ4n) is 3.89. The molecule has 0 bridgehead atoms. The van der Waals surface area contributed by atoms with Crippen molar-refractivity contribution in [2.75, 3.05) is 34.8 Å². The smallest absolute Gasteiger partial charge is 0.229 e. The largest absolute Gasteiger partial charge is 0.376 e. The zero-order chi connectivity index (χ0) is 22.1. The fourth-order valence-corrected chi connectivity index (χ4v) is 5.49. The highest BCUT2D eigenvalue weighted by atomic mass is 32.2. The molecule has 2 aliphatic rings. The van der Waals surface area contributed by atoms with Crippen molar-refractivity contribution in [3.8, 4) is 10.6 Å². The second kappa shape index (κ2) is 8.64. The van der Waals surface area contributed by atoms with Gasteiger partial charge in [0.15, 0.2) is 5.13 Å². The SMILES string of the molecule is CS(=O)(=O)Nc1cccc(Nc2ncc3c(n2)-c2sc(NCC4CCCO4)nc2CC3)c1. The Balaban J connectivity index is 1.35. The maximum atomic E-state index is 11.5. The number of fused-ring (bicyclic) bond motifs is 3. The quantitative estimate of drug-likeness (QED) is 0.479. The molecule has 168 valence electrons. The van der Waals surface area contributed by atoms with Crippen LogP contribution in [0, 0.1) is 0 Å². The summed E-state index contributed by atoms with van der Waals surface area (Å²) in [4.78, 5) is 15.1. The summed E-state index contributed by atoms with van der Waals surface area (Å²) in [5.74, 6) is 0.454. The van der Waals surface area contributed by atoms with Crippen LogP contribution >= 0.6 is 11.3 Å². The van der Waals surface area contributed by atoms with E-state index in [0.29, 0.717) is 17.3 Å². The van der Waals surface area contributed by atoms with Crippen molar-refractivity contribution >= 4 is 43.8 Å². The number of ether oxygens (including phenoxy) is 1. The number of thiazole rings is 1. The predicted octanol–water partition coefficient (Wildman–Crippen LogP) is 3.40. The van der Waals surface area contributed by atoms with Crippen LogP contribution in [0.1, 0.15) is 24.1 Å². The maximum absolute atomic E-state index is 11.5. The van der Waals surface area contributed by atoms with Crippen LogP contribution < -0.4 is 15.4 Å². The summed E-state index contributed by atoms with van der Waals surface area (Å²) in [7, 11) is -3.35. The van der Waals surface area contributed by atoms with Crippen LogP contribution in [0.25, 0.3) is 10.6 Å². The van der Waals surface area contributed by atoms with E-state index in [-0.39, 0.29) is 6.10 Å². The number of benzene rings is 1. The van der Waals surface area contributed by atoms with Crippen molar-refractivity contribution < 1.29 is 13.2 Å². The Morgan fingerprint density at radius 3 is 2.91 bits per heavy atom. The molecule has 3 heterocycles.